The molecule has 0 amide bonds. The van der Waals surface area contributed by atoms with Crippen molar-refractivity contribution in [2.45, 2.75) is 65.0 Å². The lowest BCUT2D eigenvalue weighted by atomic mass is 9.91. The second-order valence-electron chi connectivity index (χ2n) is 9.40. The van der Waals surface area contributed by atoms with Crippen LogP contribution in [-0.2, 0) is 10.0 Å². The largest absolute Gasteiger partial charge is 0.385 e. The average Bonchev–Trinajstić information content (AvgIpc) is 2.59. The fraction of sp³-hybridized carbons (Fsp3) is 0.727. The number of unbranched alkanes of at least 4 members (excludes halogenated alkanes) is 2. The lowest BCUT2D eigenvalue weighted by Gasteiger charge is -2.36. The van der Waals surface area contributed by atoms with Crippen LogP contribution in [0.15, 0.2) is 24.3 Å². The van der Waals surface area contributed by atoms with Crippen molar-refractivity contribution in [2.24, 2.45) is 11.8 Å². The molecule has 160 valence electrons. The van der Waals surface area contributed by atoms with Gasteiger partial charge in [0.2, 0.25) is 10.0 Å². The summed E-state index contributed by atoms with van der Waals surface area (Å²) in [7, 11) is -3.22. The summed E-state index contributed by atoms with van der Waals surface area (Å²) in [6.07, 6.45) is 4.22. The zero-order chi connectivity index (χ0) is 20.8. The summed E-state index contributed by atoms with van der Waals surface area (Å²) in [4.78, 5) is 2.50. The zero-order valence-corrected chi connectivity index (χ0v) is 19.1. The number of nitrogens with one attached hydrogen (secondary N) is 2. The van der Waals surface area contributed by atoms with Gasteiger partial charge >= 0.3 is 0 Å². The Morgan fingerprint density at radius 2 is 1.54 bits per heavy atom. The normalized spacial score (nSPS) is 21.0. The lowest BCUT2D eigenvalue weighted by molar-refractivity contribution is 0.357. The third kappa shape index (κ3) is 6.96. The molecule has 0 unspecified atom stereocenters. The molecule has 0 radical (unpaired) electrons. The minimum absolute atomic E-state index is 0.515. The van der Waals surface area contributed by atoms with Crippen LogP contribution in [0.1, 0.15) is 60.3 Å². The van der Waals surface area contributed by atoms with E-state index in [1.165, 1.54) is 12.1 Å². The van der Waals surface area contributed by atoms with Gasteiger partial charge in [-0.3, -0.25) is 0 Å². The van der Waals surface area contributed by atoms with Gasteiger partial charge in [0, 0.05) is 37.6 Å². The Bertz CT molecular complexity index is 685. The molecular formula is C22H39N3O2S. The topological polar surface area (TPSA) is 61.4 Å². The second kappa shape index (κ2) is 9.97. The Kier molecular flexibility index (Phi) is 8.19. The Hall–Kier alpha value is -1.27. The summed E-state index contributed by atoms with van der Waals surface area (Å²) in [5.41, 5.74) is 2.46. The molecule has 0 bridgehead atoms. The van der Waals surface area contributed by atoms with Crippen LogP contribution in [0.25, 0.3) is 0 Å². The smallest absolute Gasteiger partial charge is 0.216 e. The molecule has 2 N–H and O–H groups in total. The van der Waals surface area contributed by atoms with E-state index in [1.54, 1.807) is 20.8 Å². The Morgan fingerprint density at radius 1 is 0.964 bits per heavy atom. The highest BCUT2D eigenvalue weighted by molar-refractivity contribution is 7.90. The molecule has 1 aromatic carbocycles. The first kappa shape index (κ1) is 23.0. The standard InChI is InChI=1S/C22H39N3O2S/c1-18-15-19(2)17-25(16-18)21-11-9-20(10-12-21)23-13-7-6-8-14-24-28(26,27)22(3,4)5/h9-12,18-19,23-24H,6-8,13-17H2,1-5H3/t18-,19-/m1/s1. The number of hydrogen-bond acceptors (Lipinski definition) is 4. The molecule has 2 atom stereocenters. The highest BCUT2D eigenvalue weighted by Crippen LogP contribution is 2.27. The van der Waals surface area contributed by atoms with Gasteiger partial charge in [-0.05, 0) is 76.1 Å². The summed E-state index contributed by atoms with van der Waals surface area (Å²) in [6.45, 7) is 13.6. The second-order valence-corrected chi connectivity index (χ2v) is 11.9. The van der Waals surface area contributed by atoms with Gasteiger partial charge in [-0.1, -0.05) is 20.3 Å². The highest BCUT2D eigenvalue weighted by Gasteiger charge is 2.27. The molecule has 2 rings (SSSR count). The Balaban J connectivity index is 1.65. The fourth-order valence-corrected chi connectivity index (χ4v) is 4.59. The van der Waals surface area contributed by atoms with Gasteiger partial charge in [0.1, 0.15) is 0 Å². The molecule has 28 heavy (non-hydrogen) atoms. The number of hydrogen-bond donors (Lipinski definition) is 2. The van der Waals surface area contributed by atoms with Gasteiger partial charge in [-0.2, -0.15) is 0 Å². The van der Waals surface area contributed by atoms with Crippen molar-refractivity contribution in [3.05, 3.63) is 24.3 Å². The number of sulfonamides is 1. The first-order chi connectivity index (χ1) is 13.1. The van der Waals surface area contributed by atoms with Crippen molar-refractivity contribution in [3.8, 4) is 0 Å². The van der Waals surface area contributed by atoms with Crippen LogP contribution in [0.3, 0.4) is 0 Å². The molecule has 1 aromatic rings. The molecular weight excluding hydrogens is 370 g/mol. The van der Waals surface area contributed by atoms with E-state index in [0.717, 1.165) is 56.4 Å². The molecule has 6 heteroatoms. The van der Waals surface area contributed by atoms with Crippen LogP contribution in [0.2, 0.25) is 0 Å². The van der Waals surface area contributed by atoms with Gasteiger partial charge in [-0.25, -0.2) is 13.1 Å². The SMILES string of the molecule is C[C@@H]1C[C@@H](C)CN(c2ccc(NCCCCCNS(=O)(=O)C(C)(C)C)cc2)C1. The van der Waals surface area contributed by atoms with Crippen LogP contribution < -0.4 is 14.9 Å². The van der Waals surface area contributed by atoms with Crippen LogP contribution in [0.5, 0.6) is 0 Å². The van der Waals surface area contributed by atoms with Crippen LogP contribution >= 0.6 is 0 Å². The van der Waals surface area contributed by atoms with Crippen molar-refractivity contribution in [3.63, 3.8) is 0 Å². The van der Waals surface area contributed by atoms with Gasteiger partial charge in [0.25, 0.3) is 0 Å². The van der Waals surface area contributed by atoms with Crippen LogP contribution in [0, 0.1) is 11.8 Å². The number of nitrogens with zero attached hydrogens (tertiary/aromatic N) is 1. The number of benzene rings is 1. The number of piperidine rings is 1. The maximum Gasteiger partial charge on any atom is 0.216 e. The molecule has 0 spiro atoms. The molecule has 1 aliphatic heterocycles. The zero-order valence-electron chi connectivity index (χ0n) is 18.3. The van der Waals surface area contributed by atoms with E-state index >= 15 is 0 Å². The molecule has 0 aliphatic carbocycles. The summed E-state index contributed by atoms with van der Waals surface area (Å²) in [6, 6.07) is 8.76. The molecule has 1 heterocycles. The minimum atomic E-state index is -3.22. The van der Waals surface area contributed by atoms with E-state index in [1.807, 2.05) is 0 Å². The summed E-state index contributed by atoms with van der Waals surface area (Å²) >= 11 is 0. The maximum atomic E-state index is 12.0. The van der Waals surface area contributed by atoms with Gasteiger partial charge in [0.05, 0.1) is 4.75 Å². The van der Waals surface area contributed by atoms with Gasteiger partial charge in [0.15, 0.2) is 0 Å². The van der Waals surface area contributed by atoms with Gasteiger partial charge < -0.3 is 10.2 Å². The number of anilines is 2. The molecule has 1 fully saturated rings. The molecule has 0 aromatic heterocycles. The molecule has 5 nitrogen and oxygen atoms in total. The van der Waals surface area contributed by atoms with Crippen molar-refractivity contribution in [2.75, 3.05) is 36.4 Å². The van der Waals surface area contributed by atoms with Crippen molar-refractivity contribution in [1.29, 1.82) is 0 Å². The predicted molar refractivity (Wildman–Crippen MR) is 121 cm³/mol. The predicted octanol–water partition coefficient (Wildman–Crippen LogP) is 4.47. The van der Waals surface area contributed by atoms with E-state index < -0.39 is 14.8 Å². The van der Waals surface area contributed by atoms with Crippen molar-refractivity contribution >= 4 is 21.4 Å². The monoisotopic (exact) mass is 409 g/mol. The van der Waals surface area contributed by atoms with Crippen LogP contribution in [-0.4, -0.2) is 39.3 Å². The lowest BCUT2D eigenvalue weighted by Crippen LogP contribution is -2.39. The average molecular weight is 410 g/mol. The minimum Gasteiger partial charge on any atom is -0.385 e. The van der Waals surface area contributed by atoms with Crippen molar-refractivity contribution in [1.82, 2.24) is 4.72 Å². The summed E-state index contributed by atoms with van der Waals surface area (Å²) < 4.78 is 25.9. The third-order valence-corrected chi connectivity index (χ3v) is 7.58. The highest BCUT2D eigenvalue weighted by atomic mass is 32.2. The van der Waals surface area contributed by atoms with E-state index in [2.05, 4.69) is 53.1 Å². The third-order valence-electron chi connectivity index (χ3n) is 5.38. The van der Waals surface area contributed by atoms with E-state index in [9.17, 15) is 8.42 Å². The molecule has 1 saturated heterocycles. The Labute approximate surface area is 172 Å². The van der Waals surface area contributed by atoms with E-state index in [-0.39, 0.29) is 0 Å². The number of rotatable bonds is 9. The van der Waals surface area contributed by atoms with Crippen molar-refractivity contribution < 1.29 is 8.42 Å². The molecule has 1 aliphatic rings. The summed E-state index contributed by atoms with van der Waals surface area (Å²) in [5, 5.41) is 3.47. The Morgan fingerprint density at radius 3 is 2.11 bits per heavy atom. The first-order valence-electron chi connectivity index (χ1n) is 10.7. The van der Waals surface area contributed by atoms with E-state index in [4.69, 9.17) is 0 Å². The summed E-state index contributed by atoms with van der Waals surface area (Å²) in [5.74, 6) is 1.52. The quantitative estimate of drug-likeness (QED) is 0.591. The fourth-order valence-electron chi connectivity index (χ4n) is 3.75. The van der Waals surface area contributed by atoms with Crippen LogP contribution in [0.4, 0.5) is 11.4 Å². The molecule has 0 saturated carbocycles. The van der Waals surface area contributed by atoms with Gasteiger partial charge in [-0.15, -0.1) is 0 Å². The first-order valence-corrected chi connectivity index (χ1v) is 12.1. The van der Waals surface area contributed by atoms with E-state index in [0.29, 0.717) is 6.54 Å². The maximum absolute atomic E-state index is 12.0.